The monoisotopic (exact) mass is 496 g/mol. The molecule has 0 radical (unpaired) electrons. The van der Waals surface area contributed by atoms with Crippen molar-refractivity contribution in [3.63, 3.8) is 0 Å². The van der Waals surface area contributed by atoms with Gasteiger partial charge in [0.2, 0.25) is 5.91 Å². The topological polar surface area (TPSA) is 69.0 Å². The Labute approximate surface area is 199 Å². The number of hydrogen-bond acceptors (Lipinski definition) is 5. The normalized spacial score (nSPS) is 10.7. The molecule has 0 aliphatic carbocycles. The molecule has 0 bridgehead atoms. The van der Waals surface area contributed by atoms with Crippen molar-refractivity contribution in [3.8, 4) is 5.75 Å². The van der Waals surface area contributed by atoms with E-state index in [1.165, 1.54) is 11.8 Å². The SMILES string of the molecule is C=CCn1c(COc2cc(C)ccc2Cl)nnc1SCC(=O)Nc1cccc(Cl)c1Cl. The minimum absolute atomic E-state index is 0.114. The Bertz CT molecular complexity index is 1100. The molecule has 0 saturated heterocycles. The highest BCUT2D eigenvalue weighted by Crippen LogP contribution is 2.30. The van der Waals surface area contributed by atoms with Gasteiger partial charge in [0.1, 0.15) is 12.4 Å². The van der Waals surface area contributed by atoms with E-state index in [0.29, 0.717) is 44.0 Å². The Hall–Kier alpha value is -2.19. The van der Waals surface area contributed by atoms with Crippen molar-refractivity contribution in [2.45, 2.75) is 25.2 Å². The predicted octanol–water partition coefficient (Wildman–Crippen LogP) is 6.04. The highest BCUT2D eigenvalue weighted by Gasteiger charge is 2.15. The summed E-state index contributed by atoms with van der Waals surface area (Å²) in [7, 11) is 0. The van der Waals surface area contributed by atoms with Gasteiger partial charge < -0.3 is 10.1 Å². The lowest BCUT2D eigenvalue weighted by molar-refractivity contribution is -0.113. The summed E-state index contributed by atoms with van der Waals surface area (Å²) >= 11 is 19.5. The molecule has 0 atom stereocenters. The van der Waals surface area contributed by atoms with Crippen molar-refractivity contribution in [2.24, 2.45) is 0 Å². The highest BCUT2D eigenvalue weighted by molar-refractivity contribution is 7.99. The van der Waals surface area contributed by atoms with Crippen LogP contribution in [0.5, 0.6) is 5.75 Å². The Morgan fingerprint density at radius 1 is 1.23 bits per heavy atom. The first kappa shape index (κ1) is 23.5. The molecule has 1 aromatic heterocycles. The average Bonchev–Trinajstić information content (AvgIpc) is 3.12. The lowest BCUT2D eigenvalue weighted by Crippen LogP contribution is -2.15. The van der Waals surface area contributed by atoms with E-state index in [1.807, 2.05) is 23.6 Å². The van der Waals surface area contributed by atoms with Gasteiger partial charge in [-0.15, -0.1) is 16.8 Å². The van der Waals surface area contributed by atoms with Crippen LogP contribution < -0.4 is 10.1 Å². The van der Waals surface area contributed by atoms with Crippen molar-refractivity contribution in [3.05, 3.63) is 75.5 Å². The number of aromatic nitrogens is 3. The molecule has 1 N–H and O–H groups in total. The molecule has 3 aromatic rings. The summed E-state index contributed by atoms with van der Waals surface area (Å²) in [5.74, 6) is 1.04. The lowest BCUT2D eigenvalue weighted by atomic mass is 10.2. The summed E-state index contributed by atoms with van der Waals surface area (Å²) in [6, 6.07) is 10.6. The molecule has 3 rings (SSSR count). The summed E-state index contributed by atoms with van der Waals surface area (Å²) in [4.78, 5) is 12.4. The number of nitrogens with one attached hydrogen (secondary N) is 1. The molecule has 1 heterocycles. The molecule has 0 unspecified atom stereocenters. The van der Waals surface area contributed by atoms with Crippen LogP contribution in [0.3, 0.4) is 0 Å². The number of aryl methyl sites for hydroxylation is 1. The number of carbonyl (C=O) groups is 1. The molecule has 10 heteroatoms. The van der Waals surface area contributed by atoms with Crippen molar-refractivity contribution in [2.75, 3.05) is 11.1 Å². The number of thioether (sulfide) groups is 1. The summed E-state index contributed by atoms with van der Waals surface area (Å²) in [5, 5.41) is 12.9. The van der Waals surface area contributed by atoms with Crippen LogP contribution in [-0.4, -0.2) is 26.4 Å². The zero-order chi connectivity index (χ0) is 22.4. The maximum atomic E-state index is 12.4. The maximum Gasteiger partial charge on any atom is 0.234 e. The number of halogens is 3. The van der Waals surface area contributed by atoms with E-state index in [-0.39, 0.29) is 18.3 Å². The van der Waals surface area contributed by atoms with Crippen molar-refractivity contribution in [1.82, 2.24) is 14.8 Å². The largest absolute Gasteiger partial charge is 0.484 e. The molecular weight excluding hydrogens is 479 g/mol. The van der Waals surface area contributed by atoms with Gasteiger partial charge in [-0.25, -0.2) is 0 Å². The third kappa shape index (κ3) is 6.17. The van der Waals surface area contributed by atoms with Crippen molar-refractivity contribution < 1.29 is 9.53 Å². The Morgan fingerprint density at radius 2 is 2.03 bits per heavy atom. The van der Waals surface area contributed by atoms with Crippen LogP contribution in [0.1, 0.15) is 11.4 Å². The molecule has 0 saturated carbocycles. The zero-order valence-corrected chi connectivity index (χ0v) is 19.7. The molecule has 0 spiro atoms. The first-order valence-corrected chi connectivity index (χ1v) is 11.3. The van der Waals surface area contributed by atoms with E-state index in [9.17, 15) is 4.79 Å². The molecule has 6 nitrogen and oxygen atoms in total. The Kier molecular flexibility index (Phi) is 8.26. The van der Waals surface area contributed by atoms with E-state index in [0.717, 1.165) is 5.56 Å². The number of benzene rings is 2. The Morgan fingerprint density at radius 3 is 2.81 bits per heavy atom. The van der Waals surface area contributed by atoms with E-state index < -0.39 is 0 Å². The lowest BCUT2D eigenvalue weighted by Gasteiger charge is -2.11. The molecule has 0 fully saturated rings. The number of nitrogens with zero attached hydrogens (tertiary/aromatic N) is 3. The molecule has 0 aliphatic heterocycles. The molecular formula is C21H19Cl3N4O2S. The fraction of sp³-hybridized carbons (Fsp3) is 0.190. The van der Waals surface area contributed by atoms with Gasteiger partial charge in [-0.1, -0.05) is 64.8 Å². The summed E-state index contributed by atoms with van der Waals surface area (Å²) in [5.41, 5.74) is 1.49. The van der Waals surface area contributed by atoms with E-state index in [2.05, 4.69) is 22.1 Å². The van der Waals surface area contributed by atoms with E-state index in [4.69, 9.17) is 39.5 Å². The van der Waals surface area contributed by atoms with Gasteiger partial charge in [0.25, 0.3) is 0 Å². The minimum Gasteiger partial charge on any atom is -0.484 e. The van der Waals surface area contributed by atoms with Crippen LogP contribution >= 0.6 is 46.6 Å². The number of allylic oxidation sites excluding steroid dienone is 1. The number of hydrogen-bond donors (Lipinski definition) is 1. The number of rotatable bonds is 9. The zero-order valence-electron chi connectivity index (χ0n) is 16.6. The highest BCUT2D eigenvalue weighted by atomic mass is 35.5. The predicted molar refractivity (Wildman–Crippen MR) is 127 cm³/mol. The Balaban J connectivity index is 1.65. The fourth-order valence-electron chi connectivity index (χ4n) is 2.63. The molecule has 2 aromatic carbocycles. The van der Waals surface area contributed by atoms with Crippen LogP contribution in [-0.2, 0) is 17.9 Å². The second-order valence-electron chi connectivity index (χ2n) is 6.46. The summed E-state index contributed by atoms with van der Waals surface area (Å²) in [6.07, 6.45) is 1.72. The molecule has 0 aliphatic rings. The average molecular weight is 498 g/mol. The van der Waals surface area contributed by atoms with Crippen LogP contribution in [0.25, 0.3) is 0 Å². The smallest absolute Gasteiger partial charge is 0.234 e. The number of carbonyl (C=O) groups excluding carboxylic acids is 1. The van der Waals surface area contributed by atoms with E-state index in [1.54, 1.807) is 30.3 Å². The van der Waals surface area contributed by atoms with Crippen LogP contribution in [0.4, 0.5) is 5.69 Å². The van der Waals surface area contributed by atoms with Gasteiger partial charge in [0, 0.05) is 6.54 Å². The molecule has 31 heavy (non-hydrogen) atoms. The number of anilines is 1. The quantitative estimate of drug-likeness (QED) is 0.288. The van der Waals surface area contributed by atoms with Gasteiger partial charge in [0.15, 0.2) is 11.0 Å². The van der Waals surface area contributed by atoms with Crippen LogP contribution in [0.15, 0.2) is 54.2 Å². The second kappa shape index (κ2) is 10.9. The summed E-state index contributed by atoms with van der Waals surface area (Å²) < 4.78 is 7.66. The van der Waals surface area contributed by atoms with Gasteiger partial charge in [-0.2, -0.15) is 0 Å². The van der Waals surface area contributed by atoms with E-state index >= 15 is 0 Å². The first-order valence-electron chi connectivity index (χ1n) is 9.17. The third-order valence-corrected chi connectivity index (χ3v) is 6.20. The third-order valence-electron chi connectivity index (χ3n) is 4.11. The van der Waals surface area contributed by atoms with Gasteiger partial charge >= 0.3 is 0 Å². The maximum absolute atomic E-state index is 12.4. The van der Waals surface area contributed by atoms with Gasteiger partial charge in [-0.05, 0) is 36.8 Å². The molecule has 162 valence electrons. The summed E-state index contributed by atoms with van der Waals surface area (Å²) in [6.45, 7) is 6.38. The van der Waals surface area contributed by atoms with Gasteiger partial charge in [-0.3, -0.25) is 9.36 Å². The van der Waals surface area contributed by atoms with Crippen molar-refractivity contribution >= 4 is 58.2 Å². The number of amides is 1. The standard InChI is InChI=1S/C21H19Cl3N4O2S/c1-3-9-28-18(11-30-17-10-13(2)7-8-14(17)22)26-27-21(28)31-12-19(29)25-16-6-4-5-15(23)20(16)24/h3-8,10H,1,9,11-12H2,2H3,(H,25,29). The fourth-order valence-corrected chi connectivity index (χ4v) is 3.91. The minimum atomic E-state index is -0.244. The number of ether oxygens (including phenoxy) is 1. The van der Waals surface area contributed by atoms with Gasteiger partial charge in [0.05, 0.1) is 26.5 Å². The van der Waals surface area contributed by atoms with Crippen LogP contribution in [0, 0.1) is 6.92 Å². The second-order valence-corrected chi connectivity index (χ2v) is 8.59. The van der Waals surface area contributed by atoms with Crippen LogP contribution in [0.2, 0.25) is 15.1 Å². The van der Waals surface area contributed by atoms with Crippen molar-refractivity contribution in [1.29, 1.82) is 0 Å². The first-order chi connectivity index (χ1) is 14.9. The molecule has 1 amide bonds.